The molecule has 1 saturated carbocycles. The fourth-order valence-electron chi connectivity index (χ4n) is 1.86. The molecular formula is C12H14BrNO. The molecule has 1 aliphatic carbocycles. The molecular weight excluding hydrogens is 254 g/mol. The summed E-state index contributed by atoms with van der Waals surface area (Å²) in [7, 11) is 0. The molecule has 0 aliphatic heterocycles. The van der Waals surface area contributed by atoms with Crippen molar-refractivity contribution in [1.82, 2.24) is 0 Å². The molecule has 0 heterocycles. The third-order valence-corrected chi connectivity index (χ3v) is 3.51. The number of anilines is 1. The van der Waals surface area contributed by atoms with E-state index in [9.17, 15) is 4.79 Å². The van der Waals surface area contributed by atoms with Gasteiger partial charge in [0, 0.05) is 22.1 Å². The fourth-order valence-corrected chi connectivity index (χ4v) is 2.24. The molecule has 0 radical (unpaired) electrons. The summed E-state index contributed by atoms with van der Waals surface area (Å²) in [6.07, 6.45) is 4.32. The van der Waals surface area contributed by atoms with Crippen LogP contribution >= 0.6 is 15.9 Å². The summed E-state index contributed by atoms with van der Waals surface area (Å²) >= 11 is 3.33. The first-order valence-electron chi connectivity index (χ1n) is 5.25. The average molecular weight is 268 g/mol. The average Bonchev–Trinajstić information content (AvgIpc) is 2.11. The van der Waals surface area contributed by atoms with Crippen LogP contribution in [-0.2, 0) is 0 Å². The van der Waals surface area contributed by atoms with Crippen molar-refractivity contribution in [2.45, 2.75) is 25.7 Å². The fraction of sp³-hybridized carbons (Fsp3) is 0.417. The van der Waals surface area contributed by atoms with Crippen molar-refractivity contribution in [3.8, 4) is 0 Å². The van der Waals surface area contributed by atoms with Crippen LogP contribution in [0.4, 0.5) is 5.69 Å². The van der Waals surface area contributed by atoms with E-state index in [1.807, 2.05) is 6.07 Å². The lowest BCUT2D eigenvalue weighted by Gasteiger charge is -2.24. The summed E-state index contributed by atoms with van der Waals surface area (Å²) < 4.78 is 0.917. The Morgan fingerprint density at radius 2 is 2.20 bits per heavy atom. The van der Waals surface area contributed by atoms with Crippen molar-refractivity contribution in [3.05, 3.63) is 28.2 Å². The number of hydrogen-bond acceptors (Lipinski definition) is 2. The molecule has 0 spiro atoms. The van der Waals surface area contributed by atoms with E-state index in [1.54, 1.807) is 12.1 Å². The zero-order chi connectivity index (χ0) is 10.8. The zero-order valence-corrected chi connectivity index (χ0v) is 10.1. The first kappa shape index (κ1) is 10.7. The van der Waals surface area contributed by atoms with E-state index in [1.165, 1.54) is 19.3 Å². The molecule has 2 N–H and O–H groups in total. The van der Waals surface area contributed by atoms with Crippen molar-refractivity contribution in [2.75, 3.05) is 5.73 Å². The van der Waals surface area contributed by atoms with Crippen LogP contribution in [0.3, 0.4) is 0 Å². The Morgan fingerprint density at radius 3 is 2.73 bits per heavy atom. The van der Waals surface area contributed by atoms with Gasteiger partial charge in [0.1, 0.15) is 0 Å². The Morgan fingerprint density at radius 1 is 1.47 bits per heavy atom. The van der Waals surface area contributed by atoms with E-state index < -0.39 is 0 Å². The Hall–Kier alpha value is -0.830. The smallest absolute Gasteiger partial charge is 0.165 e. The number of carbonyl (C=O) groups excluding carboxylic acids is 1. The van der Waals surface area contributed by atoms with Crippen LogP contribution < -0.4 is 5.73 Å². The van der Waals surface area contributed by atoms with Crippen LogP contribution in [0.5, 0.6) is 0 Å². The van der Waals surface area contributed by atoms with Crippen LogP contribution in [0.2, 0.25) is 0 Å². The SMILES string of the molecule is Nc1cc(Br)ccc1C(=O)CC1CCC1. The molecule has 0 saturated heterocycles. The van der Waals surface area contributed by atoms with Crippen molar-refractivity contribution in [2.24, 2.45) is 5.92 Å². The molecule has 1 aliphatic rings. The highest BCUT2D eigenvalue weighted by Gasteiger charge is 2.22. The minimum Gasteiger partial charge on any atom is -0.398 e. The molecule has 2 nitrogen and oxygen atoms in total. The van der Waals surface area contributed by atoms with E-state index in [0.29, 0.717) is 23.6 Å². The number of Topliss-reactive ketones (excluding diaryl/α,β-unsaturated/α-hetero) is 1. The third kappa shape index (κ3) is 2.40. The van der Waals surface area contributed by atoms with Crippen molar-refractivity contribution in [1.29, 1.82) is 0 Å². The van der Waals surface area contributed by atoms with Gasteiger partial charge in [0.15, 0.2) is 5.78 Å². The number of rotatable bonds is 3. The van der Waals surface area contributed by atoms with Gasteiger partial charge in [-0.25, -0.2) is 0 Å². The number of carbonyl (C=O) groups is 1. The third-order valence-electron chi connectivity index (χ3n) is 3.01. The van der Waals surface area contributed by atoms with Crippen molar-refractivity contribution >= 4 is 27.4 Å². The maximum Gasteiger partial charge on any atom is 0.165 e. The Bertz CT molecular complexity index is 385. The van der Waals surface area contributed by atoms with E-state index in [-0.39, 0.29) is 5.78 Å². The van der Waals surface area contributed by atoms with E-state index in [0.717, 1.165) is 4.47 Å². The van der Waals surface area contributed by atoms with Gasteiger partial charge in [-0.1, -0.05) is 35.2 Å². The van der Waals surface area contributed by atoms with Gasteiger partial charge in [0.25, 0.3) is 0 Å². The summed E-state index contributed by atoms with van der Waals surface area (Å²) in [5.74, 6) is 0.783. The predicted octanol–water partition coefficient (Wildman–Crippen LogP) is 3.40. The molecule has 1 aromatic carbocycles. The predicted molar refractivity (Wildman–Crippen MR) is 64.8 cm³/mol. The molecule has 3 heteroatoms. The van der Waals surface area contributed by atoms with Gasteiger partial charge in [-0.15, -0.1) is 0 Å². The number of nitrogens with two attached hydrogens (primary N) is 1. The van der Waals surface area contributed by atoms with Gasteiger partial charge in [0.05, 0.1) is 0 Å². The van der Waals surface area contributed by atoms with Gasteiger partial charge in [-0.2, -0.15) is 0 Å². The topological polar surface area (TPSA) is 43.1 Å². The molecule has 0 atom stereocenters. The largest absolute Gasteiger partial charge is 0.398 e. The first-order chi connectivity index (χ1) is 7.16. The highest BCUT2D eigenvalue weighted by molar-refractivity contribution is 9.10. The second kappa shape index (κ2) is 4.35. The highest BCUT2D eigenvalue weighted by atomic mass is 79.9. The van der Waals surface area contributed by atoms with Crippen molar-refractivity contribution < 1.29 is 4.79 Å². The van der Waals surface area contributed by atoms with Crippen LogP contribution in [0.1, 0.15) is 36.0 Å². The lowest BCUT2D eigenvalue weighted by molar-refractivity contribution is 0.0937. The highest BCUT2D eigenvalue weighted by Crippen LogP contribution is 2.31. The first-order valence-corrected chi connectivity index (χ1v) is 6.04. The number of halogens is 1. The molecule has 15 heavy (non-hydrogen) atoms. The van der Waals surface area contributed by atoms with Crippen LogP contribution in [0, 0.1) is 5.92 Å². The number of hydrogen-bond donors (Lipinski definition) is 1. The van der Waals surface area contributed by atoms with Gasteiger partial charge >= 0.3 is 0 Å². The molecule has 0 unspecified atom stereocenters. The Kier molecular flexibility index (Phi) is 3.10. The minimum atomic E-state index is 0.185. The molecule has 1 aromatic rings. The molecule has 80 valence electrons. The molecule has 0 aromatic heterocycles. The summed E-state index contributed by atoms with van der Waals surface area (Å²) in [6, 6.07) is 5.46. The van der Waals surface area contributed by atoms with Gasteiger partial charge in [-0.05, 0) is 24.1 Å². The summed E-state index contributed by atoms with van der Waals surface area (Å²) in [5, 5.41) is 0. The zero-order valence-electron chi connectivity index (χ0n) is 8.50. The maximum atomic E-state index is 11.9. The Balaban J connectivity index is 2.10. The van der Waals surface area contributed by atoms with Crippen LogP contribution in [0.15, 0.2) is 22.7 Å². The molecule has 0 amide bonds. The second-order valence-corrected chi connectivity index (χ2v) is 5.07. The van der Waals surface area contributed by atoms with Crippen LogP contribution in [-0.4, -0.2) is 5.78 Å². The minimum absolute atomic E-state index is 0.185. The Labute approximate surface area is 98.0 Å². The quantitative estimate of drug-likeness (QED) is 0.674. The van der Waals surface area contributed by atoms with E-state index in [2.05, 4.69) is 15.9 Å². The lowest BCUT2D eigenvalue weighted by atomic mass is 9.81. The second-order valence-electron chi connectivity index (χ2n) is 4.16. The summed E-state index contributed by atoms with van der Waals surface area (Å²) in [4.78, 5) is 11.9. The number of nitrogen functional groups attached to an aromatic ring is 1. The van der Waals surface area contributed by atoms with Gasteiger partial charge in [-0.3, -0.25) is 4.79 Å². The summed E-state index contributed by atoms with van der Waals surface area (Å²) in [6.45, 7) is 0. The van der Waals surface area contributed by atoms with E-state index in [4.69, 9.17) is 5.73 Å². The monoisotopic (exact) mass is 267 g/mol. The van der Waals surface area contributed by atoms with Crippen LogP contribution in [0.25, 0.3) is 0 Å². The standard InChI is InChI=1S/C12H14BrNO/c13-9-4-5-10(11(14)7-9)12(15)6-8-2-1-3-8/h4-5,7-8H,1-3,6,14H2. The van der Waals surface area contributed by atoms with E-state index >= 15 is 0 Å². The van der Waals surface area contributed by atoms with Gasteiger partial charge in [0.2, 0.25) is 0 Å². The molecule has 2 rings (SSSR count). The number of benzene rings is 1. The molecule has 0 bridgehead atoms. The lowest BCUT2D eigenvalue weighted by Crippen LogP contribution is -2.16. The van der Waals surface area contributed by atoms with Crippen molar-refractivity contribution in [3.63, 3.8) is 0 Å². The van der Waals surface area contributed by atoms with Gasteiger partial charge < -0.3 is 5.73 Å². The summed E-state index contributed by atoms with van der Waals surface area (Å²) in [5.41, 5.74) is 7.06. The maximum absolute atomic E-state index is 11.9. The normalized spacial score (nSPS) is 16.1. The number of ketones is 1. The molecule has 1 fully saturated rings.